The molecule has 1 aliphatic carbocycles. The number of hydrogen-bond donors (Lipinski definition) is 0. The van der Waals surface area contributed by atoms with E-state index in [1.807, 2.05) is 43.3 Å². The van der Waals surface area contributed by atoms with Gasteiger partial charge in [-0.25, -0.2) is 0 Å². The van der Waals surface area contributed by atoms with Gasteiger partial charge in [-0.05, 0) is 43.0 Å². The summed E-state index contributed by atoms with van der Waals surface area (Å²) in [4.78, 5) is 13.0. The van der Waals surface area contributed by atoms with Crippen molar-refractivity contribution in [1.29, 1.82) is 5.26 Å². The van der Waals surface area contributed by atoms with Crippen molar-refractivity contribution in [1.82, 2.24) is 0 Å². The molecule has 0 bridgehead atoms. The Morgan fingerprint density at radius 3 is 2.43 bits per heavy atom. The quantitative estimate of drug-likeness (QED) is 0.330. The van der Waals surface area contributed by atoms with E-state index in [4.69, 9.17) is 32.7 Å². The van der Waals surface area contributed by atoms with Crippen molar-refractivity contribution in [3.8, 4) is 17.6 Å². The molecule has 0 saturated heterocycles. The second kappa shape index (κ2) is 10.3. The molecule has 0 aliphatic heterocycles. The van der Waals surface area contributed by atoms with Crippen molar-refractivity contribution in [2.24, 2.45) is 11.8 Å². The van der Waals surface area contributed by atoms with Gasteiger partial charge in [0.05, 0.1) is 5.92 Å². The van der Waals surface area contributed by atoms with Crippen molar-refractivity contribution >= 4 is 29.2 Å². The molecule has 0 aromatic heterocycles. The molecule has 0 saturated carbocycles. The van der Waals surface area contributed by atoms with Gasteiger partial charge in [-0.15, -0.1) is 0 Å². The Morgan fingerprint density at radius 1 is 1.13 bits per heavy atom. The maximum Gasteiger partial charge on any atom is 0.315 e. The van der Waals surface area contributed by atoms with Gasteiger partial charge in [0.25, 0.3) is 0 Å². The number of esters is 1. The summed E-state index contributed by atoms with van der Waals surface area (Å²) in [7, 11) is 0. The molecule has 0 heterocycles. The molecular weight excluding hydrogens is 421 g/mol. The van der Waals surface area contributed by atoms with Crippen LogP contribution in [-0.4, -0.2) is 5.97 Å². The van der Waals surface area contributed by atoms with E-state index in [9.17, 15) is 10.1 Å². The highest BCUT2D eigenvalue weighted by Gasteiger charge is 2.33. The number of para-hydroxylation sites is 1. The molecule has 4 nitrogen and oxygen atoms in total. The highest BCUT2D eigenvalue weighted by atomic mass is 35.5. The minimum atomic E-state index is -1.05. The topological polar surface area (TPSA) is 59.3 Å². The maximum absolute atomic E-state index is 13.0. The third-order valence-corrected chi connectivity index (χ3v) is 5.15. The van der Waals surface area contributed by atoms with Gasteiger partial charge in [-0.1, -0.05) is 78.2 Å². The monoisotopic (exact) mass is 441 g/mol. The minimum Gasteiger partial charge on any atom is -0.457 e. The number of rotatable bonds is 8. The number of halogens is 2. The van der Waals surface area contributed by atoms with Crippen LogP contribution in [0, 0.1) is 23.2 Å². The van der Waals surface area contributed by atoms with E-state index in [1.165, 1.54) is 0 Å². The van der Waals surface area contributed by atoms with Crippen LogP contribution in [0.15, 0.2) is 76.8 Å². The second-order valence-corrected chi connectivity index (χ2v) is 8.05. The average Bonchev–Trinajstić information content (AvgIpc) is 2.69. The number of allylic oxidation sites excluding steroid dienone is 2. The molecule has 1 aliphatic rings. The summed E-state index contributed by atoms with van der Waals surface area (Å²) in [5.74, 6) is -0.0126. The van der Waals surface area contributed by atoms with Crippen molar-refractivity contribution < 1.29 is 14.3 Å². The molecule has 3 rings (SSSR count). The number of nitriles is 1. The van der Waals surface area contributed by atoms with Crippen molar-refractivity contribution in [3.63, 3.8) is 0 Å². The predicted molar refractivity (Wildman–Crippen MR) is 117 cm³/mol. The highest BCUT2D eigenvalue weighted by molar-refractivity contribution is 6.55. The first-order valence-electron chi connectivity index (χ1n) is 9.62. The van der Waals surface area contributed by atoms with E-state index in [0.29, 0.717) is 17.1 Å². The lowest BCUT2D eigenvalue weighted by molar-refractivity contribution is -0.151. The number of nitrogens with zero attached hydrogens (tertiary/aromatic N) is 1. The van der Waals surface area contributed by atoms with E-state index >= 15 is 0 Å². The fourth-order valence-corrected chi connectivity index (χ4v) is 3.71. The summed E-state index contributed by atoms with van der Waals surface area (Å²) in [6.07, 6.45) is 4.31. The summed E-state index contributed by atoms with van der Waals surface area (Å²) in [5.41, 5.74) is 1.52. The van der Waals surface area contributed by atoms with Crippen LogP contribution >= 0.6 is 23.2 Å². The van der Waals surface area contributed by atoms with Crippen LogP contribution in [0.1, 0.15) is 31.4 Å². The van der Waals surface area contributed by atoms with E-state index < -0.39 is 18.0 Å². The van der Waals surface area contributed by atoms with Crippen LogP contribution in [0.5, 0.6) is 11.5 Å². The second-order valence-electron chi connectivity index (χ2n) is 7.04. The fraction of sp³-hybridized carbons (Fsp3) is 0.250. The van der Waals surface area contributed by atoms with Crippen molar-refractivity contribution in [2.45, 2.75) is 25.9 Å². The largest absolute Gasteiger partial charge is 0.457 e. The van der Waals surface area contributed by atoms with E-state index in [0.717, 1.165) is 18.4 Å². The minimum absolute atomic E-state index is 0.0998. The van der Waals surface area contributed by atoms with Crippen molar-refractivity contribution in [2.75, 3.05) is 0 Å². The van der Waals surface area contributed by atoms with Gasteiger partial charge in [-0.2, -0.15) is 5.26 Å². The number of ether oxygens (including phenoxy) is 2. The van der Waals surface area contributed by atoms with Gasteiger partial charge in [0, 0.05) is 5.56 Å². The Labute approximate surface area is 186 Å². The summed E-state index contributed by atoms with van der Waals surface area (Å²) in [6, 6.07) is 18.4. The fourth-order valence-electron chi connectivity index (χ4n) is 3.32. The van der Waals surface area contributed by atoms with Gasteiger partial charge in [0.15, 0.2) is 0 Å². The Balaban J connectivity index is 1.77. The Kier molecular flexibility index (Phi) is 7.57. The van der Waals surface area contributed by atoms with Crippen LogP contribution in [-0.2, 0) is 9.53 Å². The third-order valence-electron chi connectivity index (χ3n) is 4.90. The lowest BCUT2D eigenvalue weighted by atomic mass is 9.79. The Hall–Kier alpha value is -2.74. The van der Waals surface area contributed by atoms with Crippen LogP contribution < -0.4 is 4.74 Å². The lowest BCUT2D eigenvalue weighted by Gasteiger charge is -2.28. The first kappa shape index (κ1) is 22.0. The summed E-state index contributed by atoms with van der Waals surface area (Å²) < 4.78 is 11.5. The first-order valence-corrected chi connectivity index (χ1v) is 10.4. The summed E-state index contributed by atoms with van der Waals surface area (Å²) in [5, 5.41) is 9.65. The molecule has 0 fully saturated rings. The van der Waals surface area contributed by atoms with Crippen molar-refractivity contribution in [3.05, 3.63) is 82.4 Å². The van der Waals surface area contributed by atoms with E-state index in [-0.39, 0.29) is 10.4 Å². The average molecular weight is 442 g/mol. The molecule has 30 heavy (non-hydrogen) atoms. The van der Waals surface area contributed by atoms with Gasteiger partial charge in [0.2, 0.25) is 6.10 Å². The zero-order chi connectivity index (χ0) is 21.5. The molecule has 154 valence electrons. The van der Waals surface area contributed by atoms with Gasteiger partial charge in [0.1, 0.15) is 22.1 Å². The molecule has 3 atom stereocenters. The van der Waals surface area contributed by atoms with Gasteiger partial charge < -0.3 is 9.47 Å². The van der Waals surface area contributed by atoms with E-state index in [1.54, 1.807) is 30.3 Å². The number of hydrogen-bond acceptors (Lipinski definition) is 4. The van der Waals surface area contributed by atoms with Crippen LogP contribution in [0.2, 0.25) is 0 Å². The molecule has 2 aromatic carbocycles. The first-order chi connectivity index (χ1) is 14.5. The number of carbonyl (C=O) groups is 1. The van der Waals surface area contributed by atoms with Crippen LogP contribution in [0.3, 0.4) is 0 Å². The summed E-state index contributed by atoms with van der Waals surface area (Å²) >= 11 is 11.6. The standard InChI is InChI=1S/C24H21Cl2NO3/c1-16(13-22(25)26)23(17-7-5-8-17)24(28)30-21(15-27)18-9-6-12-20(14-18)29-19-10-3-2-4-11-19/h2-4,6-7,9-14,16,21,23H,5,8H2,1H3. The van der Waals surface area contributed by atoms with Gasteiger partial charge >= 0.3 is 5.97 Å². The summed E-state index contributed by atoms with van der Waals surface area (Å²) in [6.45, 7) is 1.85. The Bertz CT molecular complexity index is 991. The normalized spacial score (nSPS) is 15.5. The zero-order valence-electron chi connectivity index (χ0n) is 16.4. The van der Waals surface area contributed by atoms with E-state index in [2.05, 4.69) is 6.07 Å². The molecule has 0 N–H and O–H groups in total. The Morgan fingerprint density at radius 2 is 1.83 bits per heavy atom. The molecule has 0 amide bonds. The smallest absolute Gasteiger partial charge is 0.315 e. The molecular formula is C24H21Cl2NO3. The predicted octanol–water partition coefficient (Wildman–Crippen LogP) is 6.88. The van der Waals surface area contributed by atoms with Gasteiger partial charge in [-0.3, -0.25) is 4.79 Å². The molecule has 3 unspecified atom stereocenters. The highest BCUT2D eigenvalue weighted by Crippen LogP contribution is 2.35. The lowest BCUT2D eigenvalue weighted by Crippen LogP contribution is -2.28. The molecule has 2 aromatic rings. The molecule has 0 spiro atoms. The van der Waals surface area contributed by atoms with Crippen LogP contribution in [0.25, 0.3) is 0 Å². The molecule has 6 heteroatoms. The maximum atomic E-state index is 13.0. The molecule has 0 radical (unpaired) electrons. The number of benzene rings is 2. The van der Waals surface area contributed by atoms with Crippen LogP contribution in [0.4, 0.5) is 0 Å². The third kappa shape index (κ3) is 5.66. The zero-order valence-corrected chi connectivity index (χ0v) is 17.9. The number of carbonyl (C=O) groups excluding carboxylic acids is 1. The SMILES string of the molecule is CC(C=C(Cl)Cl)C(C(=O)OC(C#N)c1cccc(Oc2ccccc2)c1)C1=CCC1.